The minimum atomic E-state index is -0.457. The second kappa shape index (κ2) is 5.73. The van der Waals surface area contributed by atoms with E-state index in [1.807, 2.05) is 26.0 Å². The van der Waals surface area contributed by atoms with Crippen molar-refractivity contribution in [3.05, 3.63) is 34.3 Å². The van der Waals surface area contributed by atoms with Crippen LogP contribution in [0.1, 0.15) is 32.3 Å². The summed E-state index contributed by atoms with van der Waals surface area (Å²) < 4.78 is 4.93. The Morgan fingerprint density at radius 1 is 1.47 bits per heavy atom. The lowest BCUT2D eigenvalue weighted by Crippen LogP contribution is -2.31. The number of oxazole rings is 1. The lowest BCUT2D eigenvalue weighted by atomic mass is 10.1. The quantitative estimate of drug-likeness (QED) is 0.865. The summed E-state index contributed by atoms with van der Waals surface area (Å²) in [7, 11) is 0. The fraction of sp³-hybridized carbons (Fsp3) is 0.429. The van der Waals surface area contributed by atoms with Gasteiger partial charge in [-0.25, -0.2) is 4.79 Å². The standard InChI is InChI=1S/C14H18N2O3/c1-3-9(2)15-13(17)7-5-10-4-6-12-11(8-10)16-14(18)19-12/h4,6,8-9H,3,5,7H2,1-2H3,(H,15,17)(H,16,18). The van der Waals surface area contributed by atoms with Crippen LogP contribution in [-0.2, 0) is 11.2 Å². The average molecular weight is 262 g/mol. The summed E-state index contributed by atoms with van der Waals surface area (Å²) in [6, 6.07) is 5.67. The fourth-order valence-electron chi connectivity index (χ4n) is 1.86. The molecule has 0 aliphatic heterocycles. The second-order valence-electron chi connectivity index (χ2n) is 4.72. The normalized spacial score (nSPS) is 12.5. The lowest BCUT2D eigenvalue weighted by Gasteiger charge is -2.11. The lowest BCUT2D eigenvalue weighted by molar-refractivity contribution is -0.121. The fourth-order valence-corrected chi connectivity index (χ4v) is 1.86. The monoisotopic (exact) mass is 262 g/mol. The van der Waals surface area contributed by atoms with E-state index >= 15 is 0 Å². The Balaban J connectivity index is 1.97. The van der Waals surface area contributed by atoms with Gasteiger partial charge in [-0.3, -0.25) is 9.78 Å². The van der Waals surface area contributed by atoms with Gasteiger partial charge in [0.1, 0.15) is 0 Å². The number of carbonyl (C=O) groups excluding carboxylic acids is 1. The summed E-state index contributed by atoms with van der Waals surface area (Å²) in [4.78, 5) is 25.3. The van der Waals surface area contributed by atoms with Gasteiger partial charge in [-0.15, -0.1) is 0 Å². The van der Waals surface area contributed by atoms with Crippen LogP contribution in [0.25, 0.3) is 11.1 Å². The molecule has 0 spiro atoms. The highest BCUT2D eigenvalue weighted by Crippen LogP contribution is 2.13. The molecule has 1 aromatic heterocycles. The van der Waals surface area contributed by atoms with Crippen molar-refractivity contribution in [3.8, 4) is 0 Å². The zero-order chi connectivity index (χ0) is 13.8. The molecule has 5 nitrogen and oxygen atoms in total. The first-order valence-electron chi connectivity index (χ1n) is 6.49. The molecule has 2 N–H and O–H groups in total. The molecule has 1 heterocycles. The number of hydrogen-bond acceptors (Lipinski definition) is 3. The Labute approximate surface area is 111 Å². The van der Waals surface area contributed by atoms with E-state index < -0.39 is 5.76 Å². The van der Waals surface area contributed by atoms with Crippen molar-refractivity contribution in [1.29, 1.82) is 0 Å². The molecule has 1 unspecified atom stereocenters. The van der Waals surface area contributed by atoms with Crippen LogP contribution in [0.15, 0.2) is 27.4 Å². The maximum atomic E-state index is 11.7. The van der Waals surface area contributed by atoms with Gasteiger partial charge < -0.3 is 9.73 Å². The van der Waals surface area contributed by atoms with Crippen molar-refractivity contribution in [1.82, 2.24) is 10.3 Å². The summed E-state index contributed by atoms with van der Waals surface area (Å²) in [6.07, 6.45) is 2.01. The molecule has 5 heteroatoms. The number of hydrogen-bond donors (Lipinski definition) is 2. The van der Waals surface area contributed by atoms with Gasteiger partial charge in [0, 0.05) is 12.5 Å². The molecule has 0 saturated carbocycles. The molecule has 0 aliphatic carbocycles. The topological polar surface area (TPSA) is 75.1 Å². The highest BCUT2D eigenvalue weighted by molar-refractivity contribution is 5.77. The van der Waals surface area contributed by atoms with Crippen molar-refractivity contribution in [2.24, 2.45) is 0 Å². The van der Waals surface area contributed by atoms with Gasteiger partial charge in [0.25, 0.3) is 0 Å². The van der Waals surface area contributed by atoms with Crippen molar-refractivity contribution < 1.29 is 9.21 Å². The van der Waals surface area contributed by atoms with E-state index in [0.717, 1.165) is 12.0 Å². The molecule has 1 amide bonds. The van der Waals surface area contributed by atoms with Gasteiger partial charge in [0.2, 0.25) is 5.91 Å². The van der Waals surface area contributed by atoms with Gasteiger partial charge in [0.15, 0.2) is 5.58 Å². The summed E-state index contributed by atoms with van der Waals surface area (Å²) in [5.41, 5.74) is 2.21. The van der Waals surface area contributed by atoms with E-state index in [0.29, 0.717) is 23.9 Å². The third-order valence-electron chi connectivity index (χ3n) is 3.14. The van der Waals surface area contributed by atoms with Crippen LogP contribution in [0.3, 0.4) is 0 Å². The first kappa shape index (κ1) is 13.4. The highest BCUT2D eigenvalue weighted by Gasteiger charge is 2.07. The number of benzene rings is 1. The molecule has 102 valence electrons. The van der Waals surface area contributed by atoms with Gasteiger partial charge in [-0.1, -0.05) is 13.0 Å². The Hall–Kier alpha value is -2.04. The van der Waals surface area contributed by atoms with Crippen LogP contribution in [-0.4, -0.2) is 16.9 Å². The SMILES string of the molecule is CCC(C)NC(=O)CCc1ccc2oc(=O)[nH]c2c1. The van der Waals surface area contributed by atoms with Crippen LogP contribution >= 0.6 is 0 Å². The van der Waals surface area contributed by atoms with Gasteiger partial charge in [-0.05, 0) is 37.5 Å². The van der Waals surface area contributed by atoms with Gasteiger partial charge >= 0.3 is 5.76 Å². The summed E-state index contributed by atoms with van der Waals surface area (Å²) in [6.45, 7) is 4.02. The Bertz CT molecular complexity index is 627. The van der Waals surface area contributed by atoms with Crippen molar-refractivity contribution in [3.63, 3.8) is 0 Å². The smallest absolute Gasteiger partial charge is 0.408 e. The van der Waals surface area contributed by atoms with Crippen molar-refractivity contribution in [2.45, 2.75) is 39.2 Å². The molecular weight excluding hydrogens is 244 g/mol. The molecule has 0 bridgehead atoms. The predicted molar refractivity (Wildman–Crippen MR) is 73.1 cm³/mol. The summed E-state index contributed by atoms with van der Waals surface area (Å²) >= 11 is 0. The first-order chi connectivity index (χ1) is 9.08. The predicted octanol–water partition coefficient (Wildman–Crippen LogP) is 1.97. The summed E-state index contributed by atoms with van der Waals surface area (Å²) in [5.74, 6) is -0.406. The number of amides is 1. The number of fused-ring (bicyclic) bond motifs is 1. The highest BCUT2D eigenvalue weighted by atomic mass is 16.4. The van der Waals surface area contributed by atoms with E-state index in [9.17, 15) is 9.59 Å². The molecule has 0 aliphatic rings. The minimum Gasteiger partial charge on any atom is -0.408 e. The Morgan fingerprint density at radius 2 is 2.26 bits per heavy atom. The molecule has 0 saturated heterocycles. The van der Waals surface area contributed by atoms with E-state index in [2.05, 4.69) is 10.3 Å². The minimum absolute atomic E-state index is 0.0511. The third kappa shape index (κ3) is 3.47. The molecule has 19 heavy (non-hydrogen) atoms. The average Bonchev–Trinajstić information content (AvgIpc) is 2.75. The molecule has 1 aromatic carbocycles. The number of aromatic amines is 1. The molecule has 2 aromatic rings. The molecule has 0 radical (unpaired) electrons. The van der Waals surface area contributed by atoms with E-state index in [4.69, 9.17) is 4.42 Å². The van der Waals surface area contributed by atoms with Crippen LogP contribution in [0, 0.1) is 0 Å². The van der Waals surface area contributed by atoms with E-state index in [1.165, 1.54) is 0 Å². The van der Waals surface area contributed by atoms with Crippen molar-refractivity contribution in [2.75, 3.05) is 0 Å². The number of aromatic nitrogens is 1. The molecule has 0 fully saturated rings. The van der Waals surface area contributed by atoms with E-state index in [1.54, 1.807) is 6.07 Å². The van der Waals surface area contributed by atoms with Crippen LogP contribution in [0.5, 0.6) is 0 Å². The van der Waals surface area contributed by atoms with Crippen LogP contribution in [0.2, 0.25) is 0 Å². The number of nitrogens with one attached hydrogen (secondary N) is 2. The summed E-state index contributed by atoms with van der Waals surface area (Å²) in [5, 5.41) is 2.93. The largest absolute Gasteiger partial charge is 0.417 e. The molecule has 2 rings (SSSR count). The van der Waals surface area contributed by atoms with Gasteiger partial charge in [-0.2, -0.15) is 0 Å². The van der Waals surface area contributed by atoms with Crippen LogP contribution < -0.4 is 11.1 Å². The maximum Gasteiger partial charge on any atom is 0.417 e. The second-order valence-corrected chi connectivity index (χ2v) is 4.72. The van der Waals surface area contributed by atoms with E-state index in [-0.39, 0.29) is 11.9 Å². The maximum absolute atomic E-state index is 11.7. The number of H-pyrrole nitrogens is 1. The first-order valence-corrected chi connectivity index (χ1v) is 6.49. The van der Waals surface area contributed by atoms with Crippen LogP contribution in [0.4, 0.5) is 0 Å². The number of carbonyl (C=O) groups is 1. The zero-order valence-corrected chi connectivity index (χ0v) is 11.2. The number of rotatable bonds is 5. The molecular formula is C14H18N2O3. The van der Waals surface area contributed by atoms with Crippen molar-refractivity contribution >= 4 is 17.0 Å². The zero-order valence-electron chi connectivity index (χ0n) is 11.2. The third-order valence-corrected chi connectivity index (χ3v) is 3.14. The van der Waals surface area contributed by atoms with Gasteiger partial charge in [0.05, 0.1) is 5.52 Å². The Kier molecular flexibility index (Phi) is 4.04. The number of aryl methyl sites for hydroxylation is 1. The Morgan fingerprint density at radius 3 is 3.00 bits per heavy atom. The molecule has 1 atom stereocenters.